The predicted octanol–water partition coefficient (Wildman–Crippen LogP) is 5.18. The smallest absolute Gasteiger partial charge is 0.339 e. The van der Waals surface area contributed by atoms with E-state index >= 15 is 0 Å². The van der Waals surface area contributed by atoms with Crippen molar-refractivity contribution >= 4 is 40.6 Å². The van der Waals surface area contributed by atoms with Gasteiger partial charge in [0.25, 0.3) is 0 Å². The Kier molecular flexibility index (Phi) is 7.00. The van der Waals surface area contributed by atoms with E-state index in [1.807, 2.05) is 0 Å². The Morgan fingerprint density at radius 3 is 2.54 bits per heavy atom. The summed E-state index contributed by atoms with van der Waals surface area (Å²) in [6, 6.07) is 11.5. The molecule has 1 unspecified atom stereocenters. The molecule has 0 aliphatic rings. The Morgan fingerprint density at radius 2 is 1.92 bits per heavy atom. The molecular weight excluding hydrogens is 368 g/mol. The van der Waals surface area contributed by atoms with Gasteiger partial charge in [0.1, 0.15) is 0 Å². The number of hydrogen-bond acceptors (Lipinski definition) is 3. The molecule has 4 nitrogen and oxygen atoms in total. The third-order valence-electron chi connectivity index (χ3n) is 4.28. The summed E-state index contributed by atoms with van der Waals surface area (Å²) in [4.78, 5) is 11.8. The van der Waals surface area contributed by atoms with Gasteiger partial charge in [-0.1, -0.05) is 36.7 Å². The van der Waals surface area contributed by atoms with Crippen LogP contribution in [-0.2, 0) is 4.74 Å². The molecule has 2 aromatic rings. The van der Waals surface area contributed by atoms with Crippen molar-refractivity contribution in [3.63, 3.8) is 0 Å². The number of carbonyl (C=O) groups is 1. The van der Waals surface area contributed by atoms with Crippen LogP contribution in [0.5, 0.6) is 0 Å². The first-order chi connectivity index (χ1) is 12.3. The van der Waals surface area contributed by atoms with Crippen LogP contribution in [0.2, 0.25) is 5.02 Å². The molecule has 6 heteroatoms. The fourth-order valence-corrected chi connectivity index (χ4v) is 3.05. The normalized spacial score (nSPS) is 11.6. The molecule has 138 valence electrons. The molecule has 2 N–H and O–H groups in total. The summed E-state index contributed by atoms with van der Waals surface area (Å²) in [5, 5.41) is 7.25. The van der Waals surface area contributed by atoms with Gasteiger partial charge in [-0.2, -0.15) is 0 Å². The number of carbonyl (C=O) groups excluding carboxylic acids is 1. The molecule has 0 fully saturated rings. The number of hydrogen-bond donors (Lipinski definition) is 2. The van der Waals surface area contributed by atoms with E-state index in [0.29, 0.717) is 21.4 Å². The van der Waals surface area contributed by atoms with Crippen LogP contribution in [0, 0.1) is 13.8 Å². The SMILES string of the molecule is CCC(NC(=S)Nc1ccc(Cl)c(C(=O)OC)c1)c1ccc(C)c(C)c1. The van der Waals surface area contributed by atoms with Crippen LogP contribution < -0.4 is 10.6 Å². The van der Waals surface area contributed by atoms with Gasteiger partial charge < -0.3 is 15.4 Å². The van der Waals surface area contributed by atoms with Crippen LogP contribution in [0.3, 0.4) is 0 Å². The summed E-state index contributed by atoms with van der Waals surface area (Å²) in [6.07, 6.45) is 0.887. The quantitative estimate of drug-likeness (QED) is 0.544. The number of thiocarbonyl (C=S) groups is 1. The van der Waals surface area contributed by atoms with Crippen LogP contribution in [0.1, 0.15) is 46.4 Å². The van der Waals surface area contributed by atoms with Crippen molar-refractivity contribution in [2.24, 2.45) is 0 Å². The van der Waals surface area contributed by atoms with Gasteiger partial charge in [-0.05, 0) is 67.4 Å². The third kappa shape index (κ3) is 4.96. The van der Waals surface area contributed by atoms with E-state index in [4.69, 9.17) is 28.6 Å². The number of anilines is 1. The first-order valence-electron chi connectivity index (χ1n) is 8.38. The van der Waals surface area contributed by atoms with Crippen LogP contribution >= 0.6 is 23.8 Å². The standard InChI is InChI=1S/C20H23ClN2O2S/c1-5-18(14-7-6-12(2)13(3)10-14)23-20(26)22-15-8-9-17(21)16(11-15)19(24)25-4/h6-11,18H,5H2,1-4H3,(H2,22,23,26). The molecule has 2 aromatic carbocycles. The van der Waals surface area contributed by atoms with Gasteiger partial charge in [0.05, 0.1) is 23.7 Å². The van der Waals surface area contributed by atoms with Gasteiger partial charge in [0.15, 0.2) is 5.11 Å². The molecule has 0 aliphatic heterocycles. The van der Waals surface area contributed by atoms with Crippen molar-refractivity contribution in [2.75, 3.05) is 12.4 Å². The topological polar surface area (TPSA) is 50.4 Å². The molecule has 26 heavy (non-hydrogen) atoms. The number of aryl methyl sites for hydroxylation is 2. The third-order valence-corrected chi connectivity index (χ3v) is 4.83. The van der Waals surface area contributed by atoms with Crippen LogP contribution in [-0.4, -0.2) is 18.2 Å². The van der Waals surface area contributed by atoms with E-state index in [9.17, 15) is 4.79 Å². The minimum atomic E-state index is -0.487. The summed E-state index contributed by atoms with van der Waals surface area (Å²) in [5.74, 6) is -0.487. The second kappa shape index (κ2) is 9.01. The van der Waals surface area contributed by atoms with E-state index in [0.717, 1.165) is 6.42 Å². The highest BCUT2D eigenvalue weighted by Crippen LogP contribution is 2.23. The molecule has 0 radical (unpaired) electrons. The Balaban J connectivity index is 2.11. The average Bonchev–Trinajstić information content (AvgIpc) is 2.63. The van der Waals surface area contributed by atoms with Crippen LogP contribution in [0.4, 0.5) is 5.69 Å². The maximum atomic E-state index is 11.8. The van der Waals surface area contributed by atoms with Crippen molar-refractivity contribution in [1.82, 2.24) is 5.32 Å². The van der Waals surface area contributed by atoms with Crippen molar-refractivity contribution in [3.05, 3.63) is 63.7 Å². The molecule has 0 saturated heterocycles. The van der Waals surface area contributed by atoms with Gasteiger partial charge in [-0.15, -0.1) is 0 Å². The maximum Gasteiger partial charge on any atom is 0.339 e. The lowest BCUT2D eigenvalue weighted by atomic mass is 9.99. The van der Waals surface area contributed by atoms with Gasteiger partial charge in [-0.3, -0.25) is 0 Å². The van der Waals surface area contributed by atoms with Crippen LogP contribution in [0.15, 0.2) is 36.4 Å². The average molecular weight is 391 g/mol. The van der Waals surface area contributed by atoms with Crippen molar-refractivity contribution in [3.8, 4) is 0 Å². The Hall–Kier alpha value is -2.11. The summed E-state index contributed by atoms with van der Waals surface area (Å²) >= 11 is 11.5. The molecule has 0 bridgehead atoms. The highest BCUT2D eigenvalue weighted by Gasteiger charge is 2.14. The van der Waals surface area contributed by atoms with Crippen LogP contribution in [0.25, 0.3) is 0 Å². The van der Waals surface area contributed by atoms with E-state index in [1.165, 1.54) is 23.8 Å². The molecule has 0 heterocycles. The lowest BCUT2D eigenvalue weighted by molar-refractivity contribution is 0.0601. The minimum absolute atomic E-state index is 0.0988. The van der Waals surface area contributed by atoms with Crippen molar-refractivity contribution in [1.29, 1.82) is 0 Å². The van der Waals surface area contributed by atoms with Crippen molar-refractivity contribution < 1.29 is 9.53 Å². The van der Waals surface area contributed by atoms with E-state index in [-0.39, 0.29) is 6.04 Å². The van der Waals surface area contributed by atoms with Gasteiger partial charge in [0, 0.05) is 5.69 Å². The summed E-state index contributed by atoms with van der Waals surface area (Å²) in [5.41, 5.74) is 4.67. The van der Waals surface area contributed by atoms with E-state index in [1.54, 1.807) is 18.2 Å². The summed E-state index contributed by atoms with van der Waals surface area (Å²) < 4.78 is 4.74. The minimum Gasteiger partial charge on any atom is -0.465 e. The predicted molar refractivity (Wildman–Crippen MR) is 111 cm³/mol. The number of nitrogens with one attached hydrogen (secondary N) is 2. The fraction of sp³-hybridized carbons (Fsp3) is 0.300. The number of methoxy groups -OCH3 is 1. The molecule has 2 rings (SSSR count). The monoisotopic (exact) mass is 390 g/mol. The number of ether oxygens (including phenoxy) is 1. The van der Waals surface area contributed by atoms with Crippen molar-refractivity contribution in [2.45, 2.75) is 33.2 Å². The maximum absolute atomic E-state index is 11.8. The summed E-state index contributed by atoms with van der Waals surface area (Å²) in [7, 11) is 1.32. The zero-order valence-corrected chi connectivity index (χ0v) is 16.9. The Labute approximate surface area is 164 Å². The first-order valence-corrected chi connectivity index (χ1v) is 9.16. The highest BCUT2D eigenvalue weighted by molar-refractivity contribution is 7.80. The Morgan fingerprint density at radius 1 is 1.19 bits per heavy atom. The molecule has 0 aromatic heterocycles. The fourth-order valence-electron chi connectivity index (χ4n) is 2.60. The Bertz CT molecular complexity index is 823. The summed E-state index contributed by atoms with van der Waals surface area (Å²) in [6.45, 7) is 6.30. The first kappa shape index (κ1) is 20.2. The molecule has 1 atom stereocenters. The number of halogens is 1. The molecule has 0 amide bonds. The molecular formula is C20H23ClN2O2S. The lowest BCUT2D eigenvalue weighted by Gasteiger charge is -2.21. The number of benzene rings is 2. The highest BCUT2D eigenvalue weighted by atomic mass is 35.5. The van der Waals surface area contributed by atoms with Gasteiger partial charge >= 0.3 is 5.97 Å². The molecule has 0 saturated carbocycles. The zero-order chi connectivity index (χ0) is 19.3. The number of rotatable bonds is 5. The van der Waals surface area contributed by atoms with E-state index in [2.05, 4.69) is 49.6 Å². The van der Waals surface area contributed by atoms with E-state index < -0.39 is 5.97 Å². The molecule has 0 aliphatic carbocycles. The largest absolute Gasteiger partial charge is 0.465 e. The second-order valence-corrected chi connectivity index (χ2v) is 6.90. The zero-order valence-electron chi connectivity index (χ0n) is 15.4. The number of esters is 1. The second-order valence-electron chi connectivity index (χ2n) is 6.09. The molecule has 0 spiro atoms. The lowest BCUT2D eigenvalue weighted by Crippen LogP contribution is -2.32. The van der Waals surface area contributed by atoms with Gasteiger partial charge in [0.2, 0.25) is 0 Å². The van der Waals surface area contributed by atoms with Gasteiger partial charge in [-0.25, -0.2) is 4.79 Å².